The van der Waals surface area contributed by atoms with E-state index in [2.05, 4.69) is 27.9 Å². The van der Waals surface area contributed by atoms with E-state index < -0.39 is 11.6 Å². The van der Waals surface area contributed by atoms with Crippen LogP contribution in [0.3, 0.4) is 0 Å². The first kappa shape index (κ1) is 14.4. The summed E-state index contributed by atoms with van der Waals surface area (Å²) in [6.07, 6.45) is 0.489. The van der Waals surface area contributed by atoms with Crippen LogP contribution in [0.2, 0.25) is 0 Å². The van der Waals surface area contributed by atoms with Crippen LogP contribution in [0.1, 0.15) is 17.2 Å². The molecule has 0 spiro atoms. The van der Waals surface area contributed by atoms with Gasteiger partial charge in [0, 0.05) is 15.7 Å². The lowest BCUT2D eigenvalue weighted by Gasteiger charge is -2.18. The molecule has 0 saturated carbocycles. The fraction of sp³-hybridized carbons (Fsp3) is 0.200. The Kier molecular flexibility index (Phi) is 4.87. The van der Waals surface area contributed by atoms with Crippen molar-refractivity contribution in [3.8, 4) is 0 Å². The van der Waals surface area contributed by atoms with Crippen LogP contribution in [0.5, 0.6) is 0 Å². The normalized spacial score (nSPS) is 12.4. The van der Waals surface area contributed by atoms with Crippen molar-refractivity contribution in [2.45, 2.75) is 12.5 Å². The topological polar surface area (TPSA) is 12.0 Å². The molecule has 1 unspecified atom stereocenters. The number of halogens is 3. The summed E-state index contributed by atoms with van der Waals surface area (Å²) in [5.74, 6) is -1.04. The van der Waals surface area contributed by atoms with Crippen molar-refractivity contribution in [3.63, 3.8) is 0 Å². The molecule has 2 rings (SSSR count). The Hall–Kier alpha value is -1.01. The molecule has 0 fully saturated rings. The van der Waals surface area contributed by atoms with Crippen molar-refractivity contribution < 1.29 is 8.78 Å². The van der Waals surface area contributed by atoms with Gasteiger partial charge >= 0.3 is 0 Å². The minimum Gasteiger partial charge on any atom is -0.313 e. The molecule has 0 aromatic heterocycles. The second kappa shape index (κ2) is 6.43. The maximum atomic E-state index is 13.7. The van der Waals surface area contributed by atoms with Gasteiger partial charge in [0.2, 0.25) is 0 Å². The molecular weight excluding hydrogens is 359 g/mol. The van der Waals surface area contributed by atoms with E-state index in [1.165, 1.54) is 12.1 Å². The zero-order valence-corrected chi connectivity index (χ0v) is 12.6. The van der Waals surface area contributed by atoms with Crippen LogP contribution < -0.4 is 5.32 Å². The van der Waals surface area contributed by atoms with Gasteiger partial charge in [-0.2, -0.15) is 0 Å². The minimum atomic E-state index is -0.545. The summed E-state index contributed by atoms with van der Waals surface area (Å²) in [7, 11) is 1.84. The van der Waals surface area contributed by atoms with Gasteiger partial charge in [0.1, 0.15) is 11.6 Å². The Morgan fingerprint density at radius 3 is 2.53 bits per heavy atom. The van der Waals surface area contributed by atoms with E-state index >= 15 is 0 Å². The van der Waals surface area contributed by atoms with Crippen LogP contribution in [-0.4, -0.2) is 7.05 Å². The van der Waals surface area contributed by atoms with Gasteiger partial charge < -0.3 is 5.32 Å². The monoisotopic (exact) mass is 373 g/mol. The highest BCUT2D eigenvalue weighted by Gasteiger charge is 2.15. The Balaban J connectivity index is 2.27. The van der Waals surface area contributed by atoms with Crippen LogP contribution in [-0.2, 0) is 6.42 Å². The number of rotatable bonds is 4. The molecule has 100 valence electrons. The number of benzene rings is 2. The predicted molar refractivity (Wildman–Crippen MR) is 81.0 cm³/mol. The number of likely N-dealkylation sites (N-methyl/N-ethyl adjacent to an activating group) is 1. The molecule has 0 aliphatic rings. The Morgan fingerprint density at radius 1 is 1.16 bits per heavy atom. The van der Waals surface area contributed by atoms with E-state index in [0.29, 0.717) is 12.0 Å². The second-order valence-electron chi connectivity index (χ2n) is 4.30. The zero-order valence-electron chi connectivity index (χ0n) is 10.5. The average molecular weight is 373 g/mol. The molecule has 2 aromatic carbocycles. The highest BCUT2D eigenvalue weighted by Crippen LogP contribution is 2.24. The van der Waals surface area contributed by atoms with E-state index in [1.54, 1.807) is 0 Å². The summed E-state index contributed by atoms with van der Waals surface area (Å²) in [6.45, 7) is 0. The SMILES string of the molecule is CNC(Cc1ccc(F)cc1F)c1ccccc1I. The zero-order chi connectivity index (χ0) is 13.8. The Bertz CT molecular complexity index is 572. The van der Waals surface area contributed by atoms with Crippen molar-refractivity contribution in [1.29, 1.82) is 0 Å². The summed E-state index contributed by atoms with van der Waals surface area (Å²) < 4.78 is 27.7. The summed E-state index contributed by atoms with van der Waals surface area (Å²) >= 11 is 2.26. The van der Waals surface area contributed by atoms with Crippen molar-refractivity contribution in [1.82, 2.24) is 5.32 Å². The third-order valence-electron chi connectivity index (χ3n) is 3.07. The molecule has 0 saturated heterocycles. The van der Waals surface area contributed by atoms with Crippen molar-refractivity contribution in [2.24, 2.45) is 0 Å². The third kappa shape index (κ3) is 3.51. The first-order chi connectivity index (χ1) is 9.11. The van der Waals surface area contributed by atoms with Crippen LogP contribution in [0.25, 0.3) is 0 Å². The molecule has 19 heavy (non-hydrogen) atoms. The number of hydrogen-bond acceptors (Lipinski definition) is 1. The quantitative estimate of drug-likeness (QED) is 0.797. The summed E-state index contributed by atoms with van der Waals surface area (Å²) in [4.78, 5) is 0. The number of nitrogens with one attached hydrogen (secondary N) is 1. The maximum absolute atomic E-state index is 13.7. The van der Waals surface area contributed by atoms with Crippen molar-refractivity contribution in [2.75, 3.05) is 7.05 Å². The van der Waals surface area contributed by atoms with Crippen LogP contribution >= 0.6 is 22.6 Å². The molecule has 4 heteroatoms. The lowest BCUT2D eigenvalue weighted by molar-refractivity contribution is 0.540. The lowest BCUT2D eigenvalue weighted by Crippen LogP contribution is -2.20. The van der Waals surface area contributed by atoms with Gasteiger partial charge in [0.25, 0.3) is 0 Å². The van der Waals surface area contributed by atoms with Gasteiger partial charge in [-0.25, -0.2) is 8.78 Å². The van der Waals surface area contributed by atoms with Crippen LogP contribution in [0, 0.1) is 15.2 Å². The molecule has 2 aromatic rings. The van der Waals surface area contributed by atoms with Gasteiger partial charge in [-0.05, 0) is 59.3 Å². The Morgan fingerprint density at radius 2 is 1.89 bits per heavy atom. The molecule has 0 bridgehead atoms. The molecule has 0 aliphatic carbocycles. The van der Waals surface area contributed by atoms with E-state index in [0.717, 1.165) is 15.2 Å². The second-order valence-corrected chi connectivity index (χ2v) is 5.46. The van der Waals surface area contributed by atoms with Gasteiger partial charge in [0.05, 0.1) is 0 Å². The van der Waals surface area contributed by atoms with Gasteiger partial charge in [-0.1, -0.05) is 24.3 Å². The predicted octanol–water partition coefficient (Wildman–Crippen LogP) is 4.07. The average Bonchev–Trinajstić information content (AvgIpc) is 2.39. The first-order valence-electron chi connectivity index (χ1n) is 5.97. The fourth-order valence-electron chi connectivity index (χ4n) is 2.03. The standard InChI is InChI=1S/C15H14F2IN/c1-19-15(12-4-2-3-5-14(12)18)8-10-6-7-11(16)9-13(10)17/h2-7,9,15,19H,8H2,1H3. The molecule has 1 N–H and O–H groups in total. The van der Waals surface area contributed by atoms with Gasteiger partial charge in [-0.3, -0.25) is 0 Å². The summed E-state index contributed by atoms with van der Waals surface area (Å²) in [6, 6.07) is 11.7. The first-order valence-corrected chi connectivity index (χ1v) is 7.05. The van der Waals surface area contributed by atoms with E-state index in [1.807, 2.05) is 31.3 Å². The van der Waals surface area contributed by atoms with Crippen molar-refractivity contribution >= 4 is 22.6 Å². The maximum Gasteiger partial charge on any atom is 0.129 e. The third-order valence-corrected chi connectivity index (χ3v) is 4.05. The highest BCUT2D eigenvalue weighted by atomic mass is 127. The largest absolute Gasteiger partial charge is 0.313 e. The number of hydrogen-bond donors (Lipinski definition) is 1. The van der Waals surface area contributed by atoms with Crippen LogP contribution in [0.4, 0.5) is 8.78 Å². The lowest BCUT2D eigenvalue weighted by atomic mass is 9.98. The summed E-state index contributed by atoms with van der Waals surface area (Å²) in [5.41, 5.74) is 1.63. The molecule has 1 atom stereocenters. The summed E-state index contributed by atoms with van der Waals surface area (Å²) in [5, 5.41) is 3.18. The van der Waals surface area contributed by atoms with Gasteiger partial charge in [0.15, 0.2) is 0 Å². The molecule has 0 amide bonds. The molecule has 0 aliphatic heterocycles. The van der Waals surface area contributed by atoms with Crippen molar-refractivity contribution in [3.05, 3.63) is 68.8 Å². The Labute approximate surface area is 125 Å². The van der Waals surface area contributed by atoms with E-state index in [4.69, 9.17) is 0 Å². The van der Waals surface area contributed by atoms with E-state index in [9.17, 15) is 8.78 Å². The smallest absolute Gasteiger partial charge is 0.129 e. The van der Waals surface area contributed by atoms with Gasteiger partial charge in [-0.15, -0.1) is 0 Å². The molecule has 0 heterocycles. The highest BCUT2D eigenvalue weighted by molar-refractivity contribution is 14.1. The molecular formula is C15H14F2IN. The van der Waals surface area contributed by atoms with E-state index in [-0.39, 0.29) is 6.04 Å². The molecule has 1 nitrogen and oxygen atoms in total. The minimum absolute atomic E-state index is 0.00746. The molecule has 0 radical (unpaired) electrons. The fourth-order valence-corrected chi connectivity index (χ4v) is 2.80. The van der Waals surface area contributed by atoms with Crippen LogP contribution in [0.15, 0.2) is 42.5 Å².